The van der Waals surface area contributed by atoms with Gasteiger partial charge in [0.25, 0.3) is 5.91 Å². The number of fused-ring (bicyclic) bond motifs is 2. The predicted molar refractivity (Wildman–Crippen MR) is 133 cm³/mol. The smallest absolute Gasteiger partial charge is 0.410 e. The lowest BCUT2D eigenvalue weighted by molar-refractivity contribution is -0.189. The van der Waals surface area contributed by atoms with Crippen molar-refractivity contribution in [2.24, 2.45) is 7.05 Å². The van der Waals surface area contributed by atoms with Crippen LogP contribution >= 0.6 is 0 Å². The fourth-order valence-electron chi connectivity index (χ4n) is 4.38. The first-order valence-corrected chi connectivity index (χ1v) is 13.5. The standard InChI is InChI=1S/C24H27F4N5O6S/c1-12-9-13(5-6-14(12)25)29-20(34)18-19-17(11-32(18)4)40(37,38)31-15-7-8-33(10-16(15)39-19)22(36)21(35)30-23(2,3)24(26,27)28/h5-6,9,11,15-16,31H,7-8,10H2,1-4H3,(H,29,34)(H,30,35)/t15-,16-/m1/s1. The maximum absolute atomic E-state index is 13.6. The first-order chi connectivity index (χ1) is 18.4. The second-order valence-electron chi connectivity index (χ2n) is 10.2. The third-order valence-corrected chi connectivity index (χ3v) is 8.26. The molecule has 2 aromatic rings. The first kappa shape index (κ1) is 29.3. The Bertz CT molecular complexity index is 1490. The van der Waals surface area contributed by atoms with Crippen LogP contribution in [0.3, 0.4) is 0 Å². The third-order valence-electron chi connectivity index (χ3n) is 6.77. The Hall–Kier alpha value is -3.66. The van der Waals surface area contributed by atoms with Gasteiger partial charge in [-0.25, -0.2) is 17.5 Å². The minimum Gasteiger partial charge on any atom is -0.483 e. The second-order valence-corrected chi connectivity index (χ2v) is 11.9. The van der Waals surface area contributed by atoms with Gasteiger partial charge >= 0.3 is 18.0 Å². The largest absolute Gasteiger partial charge is 0.483 e. The van der Waals surface area contributed by atoms with E-state index in [4.69, 9.17) is 4.74 Å². The Morgan fingerprint density at radius 2 is 1.85 bits per heavy atom. The van der Waals surface area contributed by atoms with E-state index in [-0.39, 0.29) is 47.1 Å². The molecule has 40 heavy (non-hydrogen) atoms. The number of rotatable bonds is 3. The van der Waals surface area contributed by atoms with Gasteiger partial charge in [-0.05, 0) is 51.0 Å². The maximum atomic E-state index is 13.6. The highest BCUT2D eigenvalue weighted by atomic mass is 32.2. The van der Waals surface area contributed by atoms with Crippen molar-refractivity contribution in [3.8, 4) is 5.75 Å². The van der Waals surface area contributed by atoms with Crippen LogP contribution in [-0.2, 0) is 26.7 Å². The number of likely N-dealkylation sites (tertiary alicyclic amines) is 1. The number of carbonyl (C=O) groups is 3. The maximum Gasteiger partial charge on any atom is 0.410 e. The minimum absolute atomic E-state index is 0.0155. The molecule has 2 aliphatic heterocycles. The molecular formula is C24H27F4N5O6S. The van der Waals surface area contributed by atoms with Crippen LogP contribution in [0.25, 0.3) is 0 Å². The van der Waals surface area contributed by atoms with Gasteiger partial charge in [-0.3, -0.25) is 14.4 Å². The summed E-state index contributed by atoms with van der Waals surface area (Å²) in [6, 6.07) is 3.01. The Kier molecular flexibility index (Phi) is 7.38. The van der Waals surface area contributed by atoms with Crippen LogP contribution < -0.4 is 20.1 Å². The molecule has 218 valence electrons. The monoisotopic (exact) mass is 589 g/mol. The molecule has 2 aliphatic rings. The number of ether oxygens (including phenoxy) is 1. The lowest BCUT2D eigenvalue weighted by Crippen LogP contribution is -2.61. The van der Waals surface area contributed by atoms with Gasteiger partial charge in [0.15, 0.2) is 11.4 Å². The van der Waals surface area contributed by atoms with E-state index in [2.05, 4.69) is 10.0 Å². The van der Waals surface area contributed by atoms with Crippen LogP contribution in [0.15, 0.2) is 29.3 Å². The molecule has 3 N–H and O–H groups in total. The van der Waals surface area contributed by atoms with Crippen molar-refractivity contribution in [3.05, 3.63) is 41.5 Å². The molecule has 3 amide bonds. The summed E-state index contributed by atoms with van der Waals surface area (Å²) in [5.41, 5.74) is -2.34. The SMILES string of the molecule is Cc1cc(NC(=O)c2c3c(cn2C)S(=O)(=O)N[C@@H]2CCN(C(=O)C(=O)NC(C)(C)C(F)(F)F)C[C@H]2O3)ccc1F. The van der Waals surface area contributed by atoms with E-state index in [1.807, 2.05) is 0 Å². The van der Waals surface area contributed by atoms with Crippen molar-refractivity contribution >= 4 is 33.4 Å². The average molecular weight is 590 g/mol. The zero-order valence-electron chi connectivity index (χ0n) is 21.8. The highest BCUT2D eigenvalue weighted by Gasteiger charge is 2.50. The first-order valence-electron chi connectivity index (χ1n) is 12.1. The molecule has 1 aromatic heterocycles. The number of carbonyl (C=O) groups excluding carboxylic acids is 3. The number of hydrogen-bond acceptors (Lipinski definition) is 6. The number of hydrogen-bond donors (Lipinski definition) is 3. The molecule has 0 spiro atoms. The number of anilines is 1. The van der Waals surface area contributed by atoms with Gasteiger partial charge in [-0.1, -0.05) is 0 Å². The number of amides is 3. The molecule has 3 heterocycles. The molecule has 16 heteroatoms. The molecule has 1 saturated heterocycles. The number of piperidine rings is 1. The zero-order chi connectivity index (χ0) is 29.8. The van der Waals surface area contributed by atoms with E-state index in [1.165, 1.54) is 36.9 Å². The van der Waals surface area contributed by atoms with Gasteiger partial charge in [0.1, 0.15) is 22.4 Å². The second kappa shape index (κ2) is 10.1. The van der Waals surface area contributed by atoms with Crippen LogP contribution in [0.1, 0.15) is 36.3 Å². The number of nitrogens with one attached hydrogen (secondary N) is 3. The fourth-order valence-corrected chi connectivity index (χ4v) is 5.86. The summed E-state index contributed by atoms with van der Waals surface area (Å²) in [7, 11) is -2.78. The Morgan fingerprint density at radius 3 is 2.48 bits per heavy atom. The van der Waals surface area contributed by atoms with Crippen LogP contribution in [0, 0.1) is 12.7 Å². The summed E-state index contributed by atoms with van der Waals surface area (Å²) in [5, 5.41) is 4.25. The van der Waals surface area contributed by atoms with E-state index in [1.54, 1.807) is 5.32 Å². The Morgan fingerprint density at radius 1 is 1.18 bits per heavy atom. The quantitative estimate of drug-likeness (QED) is 0.369. The molecular weight excluding hydrogens is 562 g/mol. The summed E-state index contributed by atoms with van der Waals surface area (Å²) in [5.74, 6) is -4.28. The van der Waals surface area contributed by atoms with Gasteiger partial charge in [-0.15, -0.1) is 0 Å². The number of nitrogens with zero attached hydrogens (tertiary/aromatic N) is 2. The molecule has 0 radical (unpaired) electrons. The number of halogens is 4. The summed E-state index contributed by atoms with van der Waals surface area (Å²) in [6.45, 7) is 2.44. The topological polar surface area (TPSA) is 139 Å². The van der Waals surface area contributed by atoms with E-state index >= 15 is 0 Å². The van der Waals surface area contributed by atoms with Crippen molar-refractivity contribution in [3.63, 3.8) is 0 Å². The number of aromatic nitrogens is 1. The van der Waals surface area contributed by atoms with Crippen molar-refractivity contribution < 1.29 is 45.1 Å². The number of alkyl halides is 3. The molecule has 1 aromatic carbocycles. The van der Waals surface area contributed by atoms with Gasteiger partial charge < -0.3 is 24.8 Å². The van der Waals surface area contributed by atoms with Crippen molar-refractivity contribution in [2.75, 3.05) is 18.4 Å². The summed E-state index contributed by atoms with van der Waals surface area (Å²) in [6.07, 6.45) is -4.74. The van der Waals surface area contributed by atoms with E-state index < -0.39 is 57.4 Å². The normalized spacial score (nSPS) is 20.4. The zero-order valence-corrected chi connectivity index (χ0v) is 22.7. The van der Waals surface area contributed by atoms with Gasteiger partial charge in [0, 0.05) is 25.5 Å². The van der Waals surface area contributed by atoms with E-state index in [9.17, 15) is 40.4 Å². The number of sulfonamides is 1. The highest BCUT2D eigenvalue weighted by molar-refractivity contribution is 7.89. The Balaban J connectivity index is 1.59. The van der Waals surface area contributed by atoms with Crippen LogP contribution in [0.4, 0.5) is 23.2 Å². The fraction of sp³-hybridized carbons (Fsp3) is 0.458. The summed E-state index contributed by atoms with van der Waals surface area (Å²) >= 11 is 0. The van der Waals surface area contributed by atoms with Gasteiger partial charge in [0.05, 0.1) is 12.6 Å². The van der Waals surface area contributed by atoms with Gasteiger partial charge in [-0.2, -0.15) is 13.2 Å². The predicted octanol–water partition coefficient (Wildman–Crippen LogP) is 1.82. The van der Waals surface area contributed by atoms with Crippen molar-refractivity contribution in [2.45, 2.75) is 55.9 Å². The minimum atomic E-state index is -4.81. The summed E-state index contributed by atoms with van der Waals surface area (Å²) in [4.78, 5) is 38.9. The molecule has 4 rings (SSSR count). The highest BCUT2D eigenvalue weighted by Crippen LogP contribution is 2.36. The molecule has 0 saturated carbocycles. The van der Waals surface area contributed by atoms with Crippen molar-refractivity contribution in [1.29, 1.82) is 0 Å². The van der Waals surface area contributed by atoms with Crippen LogP contribution in [-0.4, -0.2) is 72.6 Å². The van der Waals surface area contributed by atoms with E-state index in [0.29, 0.717) is 13.8 Å². The van der Waals surface area contributed by atoms with E-state index in [0.717, 1.165) is 11.0 Å². The lowest BCUT2D eigenvalue weighted by Gasteiger charge is -2.37. The molecule has 1 fully saturated rings. The summed E-state index contributed by atoms with van der Waals surface area (Å²) < 4.78 is 89.1. The third kappa shape index (κ3) is 5.50. The number of aryl methyl sites for hydroxylation is 2. The number of benzene rings is 1. The van der Waals surface area contributed by atoms with Gasteiger partial charge in [0.2, 0.25) is 10.0 Å². The van der Waals surface area contributed by atoms with Crippen LogP contribution in [0.2, 0.25) is 0 Å². The molecule has 11 nitrogen and oxygen atoms in total. The molecule has 0 bridgehead atoms. The van der Waals surface area contributed by atoms with Crippen molar-refractivity contribution in [1.82, 2.24) is 19.5 Å². The van der Waals surface area contributed by atoms with Crippen LogP contribution in [0.5, 0.6) is 5.75 Å². The lowest BCUT2D eigenvalue weighted by atomic mass is 10.0. The molecule has 2 atom stereocenters. The molecule has 0 unspecified atom stereocenters. The Labute approximate surface area is 226 Å². The average Bonchev–Trinajstić information content (AvgIpc) is 3.12. The molecule has 0 aliphatic carbocycles.